The summed E-state index contributed by atoms with van der Waals surface area (Å²) < 4.78 is 0. The molecule has 0 saturated heterocycles. The number of benzene rings is 1. The third-order valence-corrected chi connectivity index (χ3v) is 3.74. The molecule has 0 bridgehead atoms. The van der Waals surface area contributed by atoms with Crippen molar-refractivity contribution in [2.24, 2.45) is 5.92 Å². The molecule has 1 saturated carbocycles. The minimum atomic E-state index is -0.0798. The molecule has 98 valence electrons. The average molecular weight is 246 g/mol. The number of hydrogen-bond acceptors (Lipinski definition) is 1. The normalized spacial score (nSPS) is 23.4. The fourth-order valence-corrected chi connectivity index (χ4v) is 2.46. The highest BCUT2D eigenvalue weighted by atomic mass is 16.2. The number of anilines is 1. The van der Waals surface area contributed by atoms with E-state index in [1.165, 1.54) is 12.8 Å². The molecule has 1 aromatic rings. The van der Waals surface area contributed by atoms with E-state index < -0.39 is 0 Å². The largest absolute Gasteiger partial charge is 0.335 e. The summed E-state index contributed by atoms with van der Waals surface area (Å²) in [6, 6.07) is 8.09. The number of amides is 2. The Morgan fingerprint density at radius 3 is 2.50 bits per heavy atom. The summed E-state index contributed by atoms with van der Waals surface area (Å²) in [5.41, 5.74) is 1.98. The number of nitrogens with one attached hydrogen (secondary N) is 2. The van der Waals surface area contributed by atoms with Crippen LogP contribution in [0.15, 0.2) is 24.3 Å². The molecule has 3 heteroatoms. The minimum absolute atomic E-state index is 0.0798. The Morgan fingerprint density at radius 2 is 1.83 bits per heavy atom. The molecule has 0 aromatic heterocycles. The standard InChI is InChI=1S/C15H22N2O/c1-11-7-9-13(10-8-11)16-15(18)17-14-6-4-3-5-12(14)2/h3-6,11,13H,7-10H2,1-2H3,(H2,16,17,18). The molecule has 2 N–H and O–H groups in total. The van der Waals surface area contributed by atoms with Crippen molar-refractivity contribution in [2.75, 3.05) is 5.32 Å². The van der Waals surface area contributed by atoms with Gasteiger partial charge in [0.05, 0.1) is 0 Å². The van der Waals surface area contributed by atoms with Gasteiger partial charge >= 0.3 is 6.03 Å². The predicted molar refractivity (Wildman–Crippen MR) is 74.8 cm³/mol. The van der Waals surface area contributed by atoms with Gasteiger partial charge in [-0.15, -0.1) is 0 Å². The van der Waals surface area contributed by atoms with E-state index in [2.05, 4.69) is 17.6 Å². The Labute approximate surface area is 109 Å². The highest BCUT2D eigenvalue weighted by molar-refractivity contribution is 5.90. The van der Waals surface area contributed by atoms with Crippen molar-refractivity contribution in [1.82, 2.24) is 5.32 Å². The summed E-state index contributed by atoms with van der Waals surface area (Å²) in [7, 11) is 0. The van der Waals surface area contributed by atoms with Crippen molar-refractivity contribution < 1.29 is 4.79 Å². The van der Waals surface area contributed by atoms with Crippen LogP contribution in [0.25, 0.3) is 0 Å². The maximum absolute atomic E-state index is 11.9. The Balaban J connectivity index is 1.84. The molecule has 1 aliphatic rings. The number of para-hydroxylation sites is 1. The van der Waals surface area contributed by atoms with E-state index in [1.807, 2.05) is 31.2 Å². The van der Waals surface area contributed by atoms with E-state index in [-0.39, 0.29) is 6.03 Å². The van der Waals surface area contributed by atoms with Crippen LogP contribution in [0.5, 0.6) is 0 Å². The van der Waals surface area contributed by atoms with E-state index in [4.69, 9.17) is 0 Å². The quantitative estimate of drug-likeness (QED) is 0.821. The molecule has 2 amide bonds. The molecule has 0 unspecified atom stereocenters. The Hall–Kier alpha value is -1.51. The van der Waals surface area contributed by atoms with Crippen molar-refractivity contribution in [3.63, 3.8) is 0 Å². The van der Waals surface area contributed by atoms with Crippen LogP contribution < -0.4 is 10.6 Å². The molecule has 0 heterocycles. The highest BCUT2D eigenvalue weighted by Gasteiger charge is 2.19. The SMILES string of the molecule is Cc1ccccc1NC(=O)NC1CCC(C)CC1. The second-order valence-corrected chi connectivity index (χ2v) is 5.37. The molecule has 1 fully saturated rings. The summed E-state index contributed by atoms with van der Waals surface area (Å²) in [6.45, 7) is 4.28. The van der Waals surface area contributed by atoms with Crippen LogP contribution in [-0.4, -0.2) is 12.1 Å². The molecule has 1 aliphatic carbocycles. The zero-order valence-electron chi connectivity index (χ0n) is 11.2. The number of hydrogen-bond donors (Lipinski definition) is 2. The molecule has 0 spiro atoms. The lowest BCUT2D eigenvalue weighted by Gasteiger charge is -2.27. The smallest absolute Gasteiger partial charge is 0.319 e. The Bertz CT molecular complexity index is 409. The number of carbonyl (C=O) groups excluding carboxylic acids is 1. The lowest BCUT2D eigenvalue weighted by Crippen LogP contribution is -2.40. The van der Waals surface area contributed by atoms with Gasteiger partial charge in [0.2, 0.25) is 0 Å². The van der Waals surface area contributed by atoms with Crippen molar-refractivity contribution >= 4 is 11.7 Å². The van der Waals surface area contributed by atoms with Gasteiger partial charge in [0, 0.05) is 11.7 Å². The third-order valence-electron chi connectivity index (χ3n) is 3.74. The lowest BCUT2D eigenvalue weighted by molar-refractivity contribution is 0.239. The third kappa shape index (κ3) is 3.49. The molecule has 1 aromatic carbocycles. The van der Waals surface area contributed by atoms with Crippen LogP contribution >= 0.6 is 0 Å². The second-order valence-electron chi connectivity index (χ2n) is 5.37. The first-order chi connectivity index (χ1) is 8.65. The second kappa shape index (κ2) is 5.89. The molecular weight excluding hydrogens is 224 g/mol. The van der Waals surface area contributed by atoms with Crippen LogP contribution in [0.3, 0.4) is 0 Å². The number of rotatable bonds is 2. The Kier molecular flexibility index (Phi) is 4.24. The fourth-order valence-electron chi connectivity index (χ4n) is 2.46. The zero-order chi connectivity index (χ0) is 13.0. The van der Waals surface area contributed by atoms with Crippen molar-refractivity contribution in [2.45, 2.75) is 45.6 Å². The van der Waals surface area contributed by atoms with E-state index >= 15 is 0 Å². The van der Waals surface area contributed by atoms with E-state index in [9.17, 15) is 4.79 Å². The van der Waals surface area contributed by atoms with Crippen molar-refractivity contribution in [3.8, 4) is 0 Å². The fraction of sp³-hybridized carbons (Fsp3) is 0.533. The molecule has 2 rings (SSSR count). The first-order valence-electron chi connectivity index (χ1n) is 6.78. The molecule has 18 heavy (non-hydrogen) atoms. The maximum Gasteiger partial charge on any atom is 0.319 e. The van der Waals surface area contributed by atoms with Crippen molar-refractivity contribution in [3.05, 3.63) is 29.8 Å². The van der Waals surface area contributed by atoms with Crippen LogP contribution in [0.1, 0.15) is 38.2 Å². The molecular formula is C15H22N2O. The van der Waals surface area contributed by atoms with Crippen LogP contribution in [-0.2, 0) is 0 Å². The first kappa shape index (κ1) is 12.9. The summed E-state index contributed by atoms with van der Waals surface area (Å²) in [6.07, 6.45) is 4.63. The van der Waals surface area contributed by atoms with Gasteiger partial charge in [-0.3, -0.25) is 0 Å². The van der Waals surface area contributed by atoms with Gasteiger partial charge in [0.25, 0.3) is 0 Å². The van der Waals surface area contributed by atoms with Crippen molar-refractivity contribution in [1.29, 1.82) is 0 Å². The highest BCUT2D eigenvalue weighted by Crippen LogP contribution is 2.23. The zero-order valence-corrected chi connectivity index (χ0v) is 11.2. The van der Waals surface area contributed by atoms with Crippen LogP contribution in [0.4, 0.5) is 10.5 Å². The van der Waals surface area contributed by atoms with E-state index in [0.717, 1.165) is 30.0 Å². The monoisotopic (exact) mass is 246 g/mol. The van der Waals surface area contributed by atoms with Crippen LogP contribution in [0.2, 0.25) is 0 Å². The van der Waals surface area contributed by atoms with Gasteiger partial charge < -0.3 is 10.6 Å². The number of aryl methyl sites for hydroxylation is 1. The van der Waals surface area contributed by atoms with E-state index in [0.29, 0.717) is 6.04 Å². The van der Waals surface area contributed by atoms with Gasteiger partial charge in [0.1, 0.15) is 0 Å². The average Bonchev–Trinajstić information content (AvgIpc) is 2.35. The Morgan fingerprint density at radius 1 is 1.17 bits per heavy atom. The summed E-state index contributed by atoms with van der Waals surface area (Å²) in [4.78, 5) is 11.9. The van der Waals surface area contributed by atoms with Crippen LogP contribution in [0, 0.1) is 12.8 Å². The van der Waals surface area contributed by atoms with Gasteiger partial charge in [-0.25, -0.2) is 4.79 Å². The molecule has 0 radical (unpaired) electrons. The first-order valence-corrected chi connectivity index (χ1v) is 6.78. The number of carbonyl (C=O) groups is 1. The van der Waals surface area contributed by atoms with Gasteiger partial charge in [0.15, 0.2) is 0 Å². The molecule has 0 atom stereocenters. The molecule has 3 nitrogen and oxygen atoms in total. The maximum atomic E-state index is 11.9. The lowest BCUT2D eigenvalue weighted by atomic mass is 9.87. The minimum Gasteiger partial charge on any atom is -0.335 e. The predicted octanol–water partition coefficient (Wildman–Crippen LogP) is 3.70. The molecule has 0 aliphatic heterocycles. The van der Waals surface area contributed by atoms with Gasteiger partial charge in [-0.1, -0.05) is 25.1 Å². The van der Waals surface area contributed by atoms with Gasteiger partial charge in [-0.05, 0) is 50.2 Å². The summed E-state index contributed by atoms with van der Waals surface area (Å²) in [5.74, 6) is 0.808. The number of urea groups is 1. The topological polar surface area (TPSA) is 41.1 Å². The van der Waals surface area contributed by atoms with E-state index in [1.54, 1.807) is 0 Å². The summed E-state index contributed by atoms with van der Waals surface area (Å²) in [5, 5.41) is 5.98. The summed E-state index contributed by atoms with van der Waals surface area (Å²) >= 11 is 0. The van der Waals surface area contributed by atoms with Gasteiger partial charge in [-0.2, -0.15) is 0 Å².